The van der Waals surface area contributed by atoms with Crippen molar-refractivity contribution in [2.45, 2.75) is 11.0 Å². The van der Waals surface area contributed by atoms with Crippen molar-refractivity contribution in [1.82, 2.24) is 9.97 Å². The molecule has 3 aromatic rings. The van der Waals surface area contributed by atoms with Crippen LogP contribution in [0.5, 0.6) is 0 Å². The largest absolute Gasteiger partial charge is 0.430 e. The summed E-state index contributed by atoms with van der Waals surface area (Å²) < 4.78 is 17.6. The maximum Gasteiger partial charge on any atom is 0.288 e. The highest BCUT2D eigenvalue weighted by Gasteiger charge is 2.13. The van der Waals surface area contributed by atoms with Crippen LogP contribution < -0.4 is 0 Å². The van der Waals surface area contributed by atoms with Gasteiger partial charge in [-0.05, 0) is 24.3 Å². The van der Waals surface area contributed by atoms with Crippen LogP contribution >= 0.6 is 0 Å². The van der Waals surface area contributed by atoms with Crippen molar-refractivity contribution in [3.8, 4) is 0 Å². The maximum absolute atomic E-state index is 12.1. The SMILES string of the molecule is O=S(Cc1ccccn1)c1nc2ccccc2o1. The van der Waals surface area contributed by atoms with E-state index in [1.807, 2.05) is 42.5 Å². The van der Waals surface area contributed by atoms with Crippen LogP contribution in [-0.4, -0.2) is 14.2 Å². The number of aromatic nitrogens is 2. The van der Waals surface area contributed by atoms with Gasteiger partial charge in [0, 0.05) is 6.20 Å². The summed E-state index contributed by atoms with van der Waals surface area (Å²) in [7, 11) is -1.31. The average Bonchev–Trinajstić information content (AvgIpc) is 2.84. The van der Waals surface area contributed by atoms with Gasteiger partial charge < -0.3 is 4.42 Å². The highest BCUT2D eigenvalue weighted by atomic mass is 32.2. The zero-order valence-electron chi connectivity index (χ0n) is 9.45. The summed E-state index contributed by atoms with van der Waals surface area (Å²) in [6.07, 6.45) is 1.68. The highest BCUT2D eigenvalue weighted by molar-refractivity contribution is 7.84. The van der Waals surface area contributed by atoms with E-state index < -0.39 is 10.8 Å². The number of hydrogen-bond donors (Lipinski definition) is 0. The number of hydrogen-bond acceptors (Lipinski definition) is 4. The van der Waals surface area contributed by atoms with Gasteiger partial charge in [-0.3, -0.25) is 4.98 Å². The smallest absolute Gasteiger partial charge is 0.288 e. The van der Waals surface area contributed by atoms with E-state index in [4.69, 9.17) is 4.42 Å². The molecule has 90 valence electrons. The molecule has 18 heavy (non-hydrogen) atoms. The molecule has 2 aromatic heterocycles. The number of fused-ring (bicyclic) bond motifs is 1. The fraction of sp³-hybridized carbons (Fsp3) is 0.0769. The number of benzene rings is 1. The van der Waals surface area contributed by atoms with E-state index in [9.17, 15) is 4.21 Å². The minimum Gasteiger partial charge on any atom is -0.430 e. The Kier molecular flexibility index (Phi) is 2.90. The van der Waals surface area contributed by atoms with Crippen LogP contribution in [0.2, 0.25) is 0 Å². The number of para-hydroxylation sites is 2. The summed E-state index contributed by atoms with van der Waals surface area (Å²) in [4.78, 5) is 8.35. The lowest BCUT2D eigenvalue weighted by atomic mass is 10.3. The van der Waals surface area contributed by atoms with Gasteiger partial charge in [-0.15, -0.1) is 0 Å². The van der Waals surface area contributed by atoms with Gasteiger partial charge in [0.25, 0.3) is 5.22 Å². The second-order valence-corrected chi connectivity index (χ2v) is 5.09. The molecule has 0 amide bonds. The van der Waals surface area contributed by atoms with Gasteiger partial charge >= 0.3 is 0 Å². The van der Waals surface area contributed by atoms with Crippen molar-refractivity contribution in [3.05, 3.63) is 54.4 Å². The molecule has 2 heterocycles. The molecule has 4 nitrogen and oxygen atoms in total. The van der Waals surface area contributed by atoms with Crippen molar-refractivity contribution in [1.29, 1.82) is 0 Å². The third kappa shape index (κ3) is 2.17. The Balaban J connectivity index is 1.88. The molecular weight excluding hydrogens is 248 g/mol. The number of nitrogens with zero attached hydrogens (tertiary/aromatic N) is 2. The summed E-state index contributed by atoms with van der Waals surface area (Å²) in [6, 6.07) is 12.9. The molecule has 0 fully saturated rings. The van der Waals surface area contributed by atoms with Gasteiger partial charge in [0.15, 0.2) is 5.58 Å². The molecule has 0 saturated heterocycles. The third-order valence-corrected chi connectivity index (χ3v) is 3.60. The molecule has 0 aliphatic carbocycles. The normalized spacial score (nSPS) is 12.7. The Labute approximate surface area is 106 Å². The van der Waals surface area contributed by atoms with Crippen LogP contribution in [0.15, 0.2) is 58.3 Å². The van der Waals surface area contributed by atoms with Crippen LogP contribution in [0.4, 0.5) is 0 Å². The van der Waals surface area contributed by atoms with Crippen molar-refractivity contribution < 1.29 is 8.63 Å². The van der Waals surface area contributed by atoms with E-state index in [0.717, 1.165) is 11.2 Å². The first kappa shape index (κ1) is 11.1. The van der Waals surface area contributed by atoms with Gasteiger partial charge in [-0.1, -0.05) is 18.2 Å². The molecule has 0 spiro atoms. The summed E-state index contributed by atoms with van der Waals surface area (Å²) in [5.74, 6) is 0.313. The van der Waals surface area contributed by atoms with E-state index in [0.29, 0.717) is 11.3 Å². The Bertz CT molecular complexity index is 661. The van der Waals surface area contributed by atoms with Crippen LogP contribution in [0, 0.1) is 0 Å². The van der Waals surface area contributed by atoms with Crippen LogP contribution in [0.25, 0.3) is 11.1 Å². The molecule has 0 aliphatic rings. The third-order valence-electron chi connectivity index (χ3n) is 2.47. The lowest BCUT2D eigenvalue weighted by Crippen LogP contribution is -1.98. The average molecular weight is 258 g/mol. The van der Waals surface area contributed by atoms with Crippen molar-refractivity contribution >= 4 is 21.9 Å². The minimum absolute atomic E-state index is 0.252. The van der Waals surface area contributed by atoms with Gasteiger partial charge in [0.05, 0.1) is 11.4 Å². The van der Waals surface area contributed by atoms with Gasteiger partial charge in [-0.25, -0.2) is 9.19 Å². The van der Waals surface area contributed by atoms with Crippen LogP contribution in [0.1, 0.15) is 5.69 Å². The molecule has 0 saturated carbocycles. The molecule has 0 bridgehead atoms. The van der Waals surface area contributed by atoms with Crippen molar-refractivity contribution in [2.75, 3.05) is 0 Å². The first-order valence-corrected chi connectivity index (χ1v) is 6.79. The number of oxazole rings is 1. The van der Waals surface area contributed by atoms with E-state index in [-0.39, 0.29) is 5.22 Å². The van der Waals surface area contributed by atoms with Crippen molar-refractivity contribution in [3.63, 3.8) is 0 Å². The fourth-order valence-corrected chi connectivity index (χ4v) is 2.57. The Morgan fingerprint density at radius 3 is 2.72 bits per heavy atom. The van der Waals surface area contributed by atoms with Gasteiger partial charge in [-0.2, -0.15) is 0 Å². The van der Waals surface area contributed by atoms with Crippen molar-refractivity contribution in [2.24, 2.45) is 0 Å². The summed E-state index contributed by atoms with van der Waals surface area (Å²) >= 11 is 0. The topological polar surface area (TPSA) is 56.0 Å². The van der Waals surface area contributed by atoms with E-state index in [1.165, 1.54) is 0 Å². The first-order chi connectivity index (χ1) is 8.83. The van der Waals surface area contributed by atoms with Crippen LogP contribution in [0.3, 0.4) is 0 Å². The van der Waals surface area contributed by atoms with E-state index >= 15 is 0 Å². The maximum atomic E-state index is 12.1. The summed E-state index contributed by atoms with van der Waals surface area (Å²) in [6.45, 7) is 0. The second-order valence-electron chi connectivity index (χ2n) is 3.76. The first-order valence-electron chi connectivity index (χ1n) is 5.47. The fourth-order valence-electron chi connectivity index (χ4n) is 1.63. The molecule has 1 atom stereocenters. The molecule has 1 aromatic carbocycles. The molecule has 0 radical (unpaired) electrons. The Hall–Kier alpha value is -2.01. The predicted octanol–water partition coefficient (Wildman–Crippen LogP) is 2.53. The van der Waals surface area contributed by atoms with Crippen LogP contribution in [-0.2, 0) is 16.6 Å². The lowest BCUT2D eigenvalue weighted by molar-refractivity contribution is 0.477. The molecule has 0 aliphatic heterocycles. The number of rotatable bonds is 3. The number of pyridine rings is 1. The lowest BCUT2D eigenvalue weighted by Gasteiger charge is -1.96. The summed E-state index contributed by atoms with van der Waals surface area (Å²) in [5.41, 5.74) is 2.14. The van der Waals surface area contributed by atoms with Gasteiger partial charge in [0.2, 0.25) is 0 Å². The monoisotopic (exact) mass is 258 g/mol. The zero-order valence-corrected chi connectivity index (χ0v) is 10.3. The molecule has 0 N–H and O–H groups in total. The quantitative estimate of drug-likeness (QED) is 0.724. The molecule has 1 unspecified atom stereocenters. The molecule has 5 heteroatoms. The standard InChI is InChI=1S/C13H10N2O2S/c16-18(9-10-5-3-4-8-14-10)13-15-11-6-1-2-7-12(11)17-13/h1-8H,9H2. The summed E-state index contributed by atoms with van der Waals surface area (Å²) in [5, 5.41) is 0.252. The Morgan fingerprint density at radius 2 is 1.94 bits per heavy atom. The van der Waals surface area contributed by atoms with E-state index in [2.05, 4.69) is 9.97 Å². The minimum atomic E-state index is -1.31. The van der Waals surface area contributed by atoms with Gasteiger partial charge in [0.1, 0.15) is 16.3 Å². The highest BCUT2D eigenvalue weighted by Crippen LogP contribution is 2.18. The van der Waals surface area contributed by atoms with E-state index in [1.54, 1.807) is 6.20 Å². The predicted molar refractivity (Wildman–Crippen MR) is 68.4 cm³/mol. The second kappa shape index (κ2) is 4.70. The molecular formula is C13H10N2O2S. The Morgan fingerprint density at radius 1 is 1.11 bits per heavy atom. The molecule has 3 rings (SSSR count). The zero-order chi connectivity index (χ0) is 12.4.